The van der Waals surface area contributed by atoms with Crippen LogP contribution in [0.3, 0.4) is 0 Å². The van der Waals surface area contributed by atoms with Gasteiger partial charge in [0.25, 0.3) is 0 Å². The molecule has 0 fully saturated rings. The summed E-state index contributed by atoms with van der Waals surface area (Å²) in [5.41, 5.74) is 5.08. The first-order chi connectivity index (χ1) is 5.41. The molecule has 0 bridgehead atoms. The topological polar surface area (TPSA) is 38.9 Å². The Morgan fingerprint density at radius 3 is 2.42 bits per heavy atom. The smallest absolute Gasteiger partial charge is 0.387 e. The van der Waals surface area contributed by atoms with E-state index < -0.39 is 11.1 Å². The van der Waals surface area contributed by atoms with Crippen molar-refractivity contribution in [3.8, 4) is 0 Å². The van der Waals surface area contributed by atoms with Crippen LogP contribution in [-0.2, 0) is 6.18 Å². The Morgan fingerprint density at radius 2 is 2.17 bits per heavy atom. The summed E-state index contributed by atoms with van der Waals surface area (Å²) in [5, 5.41) is 0.0392. The van der Waals surface area contributed by atoms with E-state index in [0.717, 1.165) is 6.20 Å². The molecular formula is C5H3F3N2S2. The number of rotatable bonds is 1. The average Bonchev–Trinajstić information content (AvgIpc) is 2.30. The molecule has 7 heteroatoms. The molecule has 2 N–H and O–H groups in total. The summed E-state index contributed by atoms with van der Waals surface area (Å²) in [5.74, 6) is 0. The van der Waals surface area contributed by atoms with Gasteiger partial charge in [0.15, 0.2) is 5.01 Å². The van der Waals surface area contributed by atoms with Crippen molar-refractivity contribution in [2.75, 3.05) is 0 Å². The van der Waals surface area contributed by atoms with Crippen LogP contribution in [0.25, 0.3) is 0 Å². The highest BCUT2D eigenvalue weighted by molar-refractivity contribution is 7.81. The van der Waals surface area contributed by atoms with Gasteiger partial charge in [-0.25, -0.2) is 4.98 Å². The number of aromatic nitrogens is 1. The van der Waals surface area contributed by atoms with Crippen LogP contribution < -0.4 is 5.73 Å². The van der Waals surface area contributed by atoms with Crippen LogP contribution in [0, 0.1) is 0 Å². The molecule has 0 saturated carbocycles. The van der Waals surface area contributed by atoms with Crippen LogP contribution in [0.5, 0.6) is 0 Å². The lowest BCUT2D eigenvalue weighted by Gasteiger charge is -1.99. The second-order valence-electron chi connectivity index (χ2n) is 1.89. The fourth-order valence-electron chi connectivity index (χ4n) is 0.519. The van der Waals surface area contributed by atoms with Crippen molar-refractivity contribution in [1.29, 1.82) is 0 Å². The number of alkyl halides is 3. The molecule has 0 radical (unpaired) electrons. The van der Waals surface area contributed by atoms with Crippen molar-refractivity contribution in [2.45, 2.75) is 6.18 Å². The predicted octanol–water partition coefficient (Wildman–Crippen LogP) is 1.80. The van der Waals surface area contributed by atoms with Gasteiger partial charge in [0.05, 0.1) is 6.20 Å². The molecule has 2 nitrogen and oxygen atoms in total. The van der Waals surface area contributed by atoms with E-state index in [1.165, 1.54) is 0 Å². The quantitative estimate of drug-likeness (QED) is 0.721. The van der Waals surface area contributed by atoms with E-state index >= 15 is 0 Å². The maximum absolute atomic E-state index is 12.0. The van der Waals surface area contributed by atoms with Crippen molar-refractivity contribution in [3.63, 3.8) is 0 Å². The maximum atomic E-state index is 12.0. The number of nitrogens with zero attached hydrogens (tertiary/aromatic N) is 1. The number of thiazole rings is 1. The number of hydrogen-bond acceptors (Lipinski definition) is 3. The second kappa shape index (κ2) is 2.98. The first kappa shape index (κ1) is 9.40. The molecule has 12 heavy (non-hydrogen) atoms. The van der Waals surface area contributed by atoms with E-state index in [-0.39, 0.29) is 10.00 Å². The molecule has 0 aromatic carbocycles. The van der Waals surface area contributed by atoms with Gasteiger partial charge in [-0.1, -0.05) is 12.2 Å². The highest BCUT2D eigenvalue weighted by Crippen LogP contribution is 2.33. The lowest BCUT2D eigenvalue weighted by Crippen LogP contribution is -2.08. The predicted molar refractivity (Wildman–Crippen MR) is 43.0 cm³/mol. The zero-order valence-electron chi connectivity index (χ0n) is 5.55. The summed E-state index contributed by atoms with van der Waals surface area (Å²) in [6.45, 7) is 0. The van der Waals surface area contributed by atoms with Crippen molar-refractivity contribution < 1.29 is 13.2 Å². The van der Waals surface area contributed by atoms with E-state index in [4.69, 9.17) is 5.73 Å². The van der Waals surface area contributed by atoms with Gasteiger partial charge in [-0.15, -0.1) is 11.3 Å². The van der Waals surface area contributed by atoms with Crippen LogP contribution in [-0.4, -0.2) is 9.97 Å². The molecule has 0 atom stereocenters. The summed E-state index contributed by atoms with van der Waals surface area (Å²) in [6, 6.07) is 0. The average molecular weight is 212 g/mol. The van der Waals surface area contributed by atoms with Crippen molar-refractivity contribution in [3.05, 3.63) is 16.1 Å². The van der Waals surface area contributed by atoms with E-state index in [1.54, 1.807) is 0 Å². The summed E-state index contributed by atoms with van der Waals surface area (Å²) in [4.78, 5) is 2.51. The van der Waals surface area contributed by atoms with Crippen LogP contribution >= 0.6 is 23.6 Å². The summed E-state index contributed by atoms with van der Waals surface area (Å²) >= 11 is 4.90. The maximum Gasteiger partial charge on any atom is 0.427 e. The van der Waals surface area contributed by atoms with Crippen molar-refractivity contribution >= 4 is 28.5 Å². The van der Waals surface area contributed by atoms with Crippen molar-refractivity contribution in [2.24, 2.45) is 5.73 Å². The fourth-order valence-corrected chi connectivity index (χ4v) is 1.33. The molecule has 1 heterocycles. The highest BCUT2D eigenvalue weighted by Gasteiger charge is 2.33. The van der Waals surface area contributed by atoms with Gasteiger partial charge in [0, 0.05) is 0 Å². The van der Waals surface area contributed by atoms with Gasteiger partial charge in [-0.2, -0.15) is 13.2 Å². The number of hydrogen-bond donors (Lipinski definition) is 1. The second-order valence-corrected chi connectivity index (χ2v) is 3.36. The van der Waals surface area contributed by atoms with Crippen LogP contribution in [0.4, 0.5) is 13.2 Å². The third-order valence-electron chi connectivity index (χ3n) is 0.996. The number of nitrogens with two attached hydrogens (primary N) is 1. The highest BCUT2D eigenvalue weighted by atomic mass is 32.1. The molecule has 0 amide bonds. The molecule has 0 aliphatic heterocycles. The zero-order valence-corrected chi connectivity index (χ0v) is 7.19. The van der Waals surface area contributed by atoms with Gasteiger partial charge in [-0.3, -0.25) is 0 Å². The molecule has 1 aromatic heterocycles. The Morgan fingerprint density at radius 1 is 1.58 bits per heavy atom. The minimum atomic E-state index is -4.36. The number of thiocarbonyl (C=S) groups is 1. The Labute approximate surface area is 75.2 Å². The lowest BCUT2D eigenvalue weighted by molar-refractivity contribution is -0.134. The normalized spacial score (nSPS) is 11.6. The summed E-state index contributed by atoms with van der Waals surface area (Å²) < 4.78 is 35.9. The summed E-state index contributed by atoms with van der Waals surface area (Å²) in [6.07, 6.45) is -3.64. The van der Waals surface area contributed by atoms with Gasteiger partial charge in [-0.05, 0) is 0 Å². The van der Waals surface area contributed by atoms with Crippen LogP contribution in [0.1, 0.15) is 9.88 Å². The molecule has 0 saturated heterocycles. The number of halogens is 3. The first-order valence-electron chi connectivity index (χ1n) is 2.74. The fraction of sp³-hybridized carbons (Fsp3) is 0.200. The Hall–Kier alpha value is -0.690. The van der Waals surface area contributed by atoms with E-state index in [9.17, 15) is 13.2 Å². The molecule has 0 aliphatic rings. The van der Waals surface area contributed by atoms with Crippen LogP contribution in [0.2, 0.25) is 0 Å². The molecule has 1 aromatic rings. The molecular weight excluding hydrogens is 209 g/mol. The van der Waals surface area contributed by atoms with Crippen LogP contribution in [0.15, 0.2) is 6.20 Å². The Kier molecular flexibility index (Phi) is 2.34. The summed E-state index contributed by atoms with van der Waals surface area (Å²) in [7, 11) is 0. The first-order valence-corrected chi connectivity index (χ1v) is 3.96. The molecule has 66 valence electrons. The monoisotopic (exact) mass is 212 g/mol. The third-order valence-corrected chi connectivity index (χ3v) is 2.39. The molecule has 0 aliphatic carbocycles. The zero-order chi connectivity index (χ0) is 9.35. The Bertz CT molecular complexity index is 304. The van der Waals surface area contributed by atoms with Gasteiger partial charge < -0.3 is 5.73 Å². The minimum Gasteiger partial charge on any atom is -0.387 e. The van der Waals surface area contributed by atoms with E-state index in [0.29, 0.717) is 11.3 Å². The van der Waals surface area contributed by atoms with E-state index in [1.807, 2.05) is 0 Å². The van der Waals surface area contributed by atoms with Gasteiger partial charge >= 0.3 is 6.18 Å². The largest absolute Gasteiger partial charge is 0.427 e. The van der Waals surface area contributed by atoms with Gasteiger partial charge in [0.1, 0.15) is 9.87 Å². The molecule has 0 spiro atoms. The SMILES string of the molecule is NC(=S)c1ncc(C(F)(F)F)s1. The minimum absolute atomic E-state index is 0.0392. The molecule has 0 unspecified atom stereocenters. The Balaban J connectivity index is 3.00. The standard InChI is InChI=1S/C5H3F3N2S2/c6-5(7,8)2-1-10-4(12-2)3(9)11/h1H,(H2,9,11). The third kappa shape index (κ3) is 1.92. The van der Waals surface area contributed by atoms with E-state index in [2.05, 4.69) is 17.2 Å². The van der Waals surface area contributed by atoms with Gasteiger partial charge in [0.2, 0.25) is 0 Å². The van der Waals surface area contributed by atoms with Crippen molar-refractivity contribution in [1.82, 2.24) is 4.98 Å². The molecule has 1 rings (SSSR count). The lowest BCUT2D eigenvalue weighted by atomic mass is 10.5.